The third-order valence-electron chi connectivity index (χ3n) is 2.77. The van der Waals surface area contributed by atoms with E-state index < -0.39 is 14.6 Å². The van der Waals surface area contributed by atoms with Crippen LogP contribution in [-0.2, 0) is 22.9 Å². The van der Waals surface area contributed by atoms with Crippen molar-refractivity contribution in [3.05, 3.63) is 18.0 Å². The fourth-order valence-electron chi connectivity index (χ4n) is 1.40. The number of nitrogens with one attached hydrogen (secondary N) is 1. The zero-order valence-electron chi connectivity index (χ0n) is 11.6. The van der Waals surface area contributed by atoms with Gasteiger partial charge in [0.15, 0.2) is 9.84 Å². The highest BCUT2D eigenvalue weighted by atomic mass is 32.2. The molecule has 104 valence electrons. The number of sulfone groups is 1. The molecule has 0 amide bonds. The van der Waals surface area contributed by atoms with Crippen LogP contribution in [0.4, 0.5) is 0 Å². The summed E-state index contributed by atoms with van der Waals surface area (Å²) >= 11 is 0. The molecule has 0 unspecified atom stereocenters. The Hall–Kier alpha value is -0.880. The van der Waals surface area contributed by atoms with Crippen LogP contribution in [0, 0.1) is 0 Å². The summed E-state index contributed by atoms with van der Waals surface area (Å²) < 4.78 is 24.9. The molecule has 5 nitrogen and oxygen atoms in total. The first-order chi connectivity index (χ1) is 8.26. The van der Waals surface area contributed by atoms with Crippen molar-refractivity contribution in [3.8, 4) is 0 Å². The number of aromatic nitrogens is 2. The summed E-state index contributed by atoms with van der Waals surface area (Å²) in [7, 11) is -3.08. The van der Waals surface area contributed by atoms with Crippen LogP contribution in [0.25, 0.3) is 0 Å². The van der Waals surface area contributed by atoms with Crippen molar-refractivity contribution in [3.63, 3.8) is 0 Å². The van der Waals surface area contributed by atoms with Crippen molar-refractivity contribution in [2.45, 2.75) is 45.5 Å². The molecule has 0 aromatic carbocycles. The van der Waals surface area contributed by atoms with Gasteiger partial charge in [-0.2, -0.15) is 5.10 Å². The van der Waals surface area contributed by atoms with E-state index in [1.54, 1.807) is 25.5 Å². The minimum Gasteiger partial charge on any atom is -0.311 e. The van der Waals surface area contributed by atoms with Crippen molar-refractivity contribution < 1.29 is 8.42 Å². The number of nitrogens with zero attached hydrogens (tertiary/aromatic N) is 2. The Bertz CT molecular complexity index is 472. The average Bonchev–Trinajstić information content (AvgIpc) is 2.70. The molecule has 18 heavy (non-hydrogen) atoms. The van der Waals surface area contributed by atoms with E-state index >= 15 is 0 Å². The third-order valence-corrected chi connectivity index (χ3v) is 5.36. The molecule has 0 aliphatic carbocycles. The van der Waals surface area contributed by atoms with Gasteiger partial charge in [-0.25, -0.2) is 8.42 Å². The van der Waals surface area contributed by atoms with Crippen LogP contribution < -0.4 is 5.32 Å². The standard InChI is InChI=1S/C12H23N3O2S/c1-5-13-10-11-6-7-15(14-11)8-9-18(16,17)12(2,3)4/h6-7,13H,5,8-10H2,1-4H3. The van der Waals surface area contributed by atoms with Gasteiger partial charge in [0.2, 0.25) is 0 Å². The third kappa shape index (κ3) is 4.10. The molecule has 0 fully saturated rings. The van der Waals surface area contributed by atoms with E-state index in [0.717, 1.165) is 18.8 Å². The van der Waals surface area contributed by atoms with E-state index in [9.17, 15) is 8.42 Å². The van der Waals surface area contributed by atoms with Crippen LogP contribution in [0.15, 0.2) is 12.3 Å². The number of rotatable bonds is 6. The Morgan fingerprint density at radius 1 is 1.39 bits per heavy atom. The molecule has 1 N–H and O–H groups in total. The largest absolute Gasteiger partial charge is 0.311 e. The molecule has 1 heterocycles. The molecule has 0 spiro atoms. The molecule has 0 atom stereocenters. The minimum absolute atomic E-state index is 0.124. The van der Waals surface area contributed by atoms with Gasteiger partial charge < -0.3 is 5.32 Å². The van der Waals surface area contributed by atoms with E-state index in [0.29, 0.717) is 6.54 Å². The van der Waals surface area contributed by atoms with E-state index in [1.807, 2.05) is 19.2 Å². The quantitative estimate of drug-likeness (QED) is 0.846. The van der Waals surface area contributed by atoms with Crippen LogP contribution in [0.2, 0.25) is 0 Å². The van der Waals surface area contributed by atoms with Crippen molar-refractivity contribution in [1.29, 1.82) is 0 Å². The number of aryl methyl sites for hydroxylation is 1. The smallest absolute Gasteiger partial charge is 0.157 e. The molecule has 6 heteroatoms. The Morgan fingerprint density at radius 3 is 2.61 bits per heavy atom. The maximum absolute atomic E-state index is 12.0. The zero-order chi connectivity index (χ0) is 13.8. The topological polar surface area (TPSA) is 64.0 Å². The van der Waals surface area contributed by atoms with Gasteiger partial charge in [0.05, 0.1) is 22.7 Å². The molecule has 0 radical (unpaired) electrons. The fraction of sp³-hybridized carbons (Fsp3) is 0.750. The Morgan fingerprint density at radius 2 is 2.06 bits per heavy atom. The van der Waals surface area contributed by atoms with Crippen LogP contribution in [0.1, 0.15) is 33.4 Å². The van der Waals surface area contributed by atoms with Crippen LogP contribution in [0.5, 0.6) is 0 Å². The normalized spacial score (nSPS) is 12.9. The predicted octanol–water partition coefficient (Wildman–Crippen LogP) is 1.21. The molecular formula is C12H23N3O2S. The number of hydrogen-bond donors (Lipinski definition) is 1. The molecule has 1 rings (SSSR count). The first-order valence-electron chi connectivity index (χ1n) is 6.21. The number of hydrogen-bond acceptors (Lipinski definition) is 4. The lowest BCUT2D eigenvalue weighted by molar-refractivity contribution is 0.546. The van der Waals surface area contributed by atoms with Gasteiger partial charge in [0.1, 0.15) is 0 Å². The van der Waals surface area contributed by atoms with Crippen molar-refractivity contribution in [2.24, 2.45) is 0 Å². The summed E-state index contributed by atoms with van der Waals surface area (Å²) in [5.74, 6) is 0.124. The lowest BCUT2D eigenvalue weighted by atomic mass is 10.3. The van der Waals surface area contributed by atoms with Gasteiger partial charge in [-0.3, -0.25) is 4.68 Å². The molecule has 0 saturated carbocycles. The monoisotopic (exact) mass is 273 g/mol. The second-order valence-electron chi connectivity index (χ2n) is 5.28. The van der Waals surface area contributed by atoms with Crippen LogP contribution in [0.3, 0.4) is 0 Å². The van der Waals surface area contributed by atoms with E-state index in [2.05, 4.69) is 10.4 Å². The van der Waals surface area contributed by atoms with E-state index in [-0.39, 0.29) is 5.75 Å². The highest BCUT2D eigenvalue weighted by Crippen LogP contribution is 2.16. The maximum atomic E-state index is 12.0. The van der Waals surface area contributed by atoms with Crippen molar-refractivity contribution >= 4 is 9.84 Å². The SMILES string of the molecule is CCNCc1ccn(CCS(=O)(=O)C(C)(C)C)n1. The molecule has 0 bridgehead atoms. The summed E-state index contributed by atoms with van der Waals surface area (Å²) in [6.07, 6.45) is 1.82. The summed E-state index contributed by atoms with van der Waals surface area (Å²) in [5, 5.41) is 7.50. The second kappa shape index (κ2) is 5.84. The Balaban J connectivity index is 2.57. The second-order valence-corrected chi connectivity index (χ2v) is 8.14. The average molecular weight is 273 g/mol. The molecule has 0 saturated heterocycles. The van der Waals surface area contributed by atoms with Crippen LogP contribution in [-0.4, -0.2) is 35.2 Å². The molecule has 0 aliphatic heterocycles. The fourth-order valence-corrected chi connectivity index (χ4v) is 2.44. The Labute approximate surface area is 109 Å². The van der Waals surface area contributed by atoms with Gasteiger partial charge in [-0.15, -0.1) is 0 Å². The Kier molecular flexibility index (Phi) is 4.92. The van der Waals surface area contributed by atoms with E-state index in [4.69, 9.17) is 0 Å². The molecule has 1 aromatic rings. The predicted molar refractivity (Wildman–Crippen MR) is 73.1 cm³/mol. The first kappa shape index (κ1) is 15.2. The molecule has 1 aromatic heterocycles. The van der Waals surface area contributed by atoms with Crippen molar-refractivity contribution in [2.75, 3.05) is 12.3 Å². The lowest BCUT2D eigenvalue weighted by Gasteiger charge is -2.18. The molecular weight excluding hydrogens is 250 g/mol. The van der Waals surface area contributed by atoms with Crippen LogP contribution >= 0.6 is 0 Å². The molecule has 0 aliphatic rings. The summed E-state index contributed by atoms with van der Waals surface area (Å²) in [4.78, 5) is 0. The van der Waals surface area contributed by atoms with Gasteiger partial charge in [0, 0.05) is 12.7 Å². The van der Waals surface area contributed by atoms with Gasteiger partial charge >= 0.3 is 0 Å². The lowest BCUT2D eigenvalue weighted by Crippen LogP contribution is -2.32. The first-order valence-corrected chi connectivity index (χ1v) is 7.87. The highest BCUT2D eigenvalue weighted by Gasteiger charge is 2.28. The highest BCUT2D eigenvalue weighted by molar-refractivity contribution is 7.92. The summed E-state index contributed by atoms with van der Waals surface area (Å²) in [6, 6.07) is 1.91. The van der Waals surface area contributed by atoms with Gasteiger partial charge in [0.25, 0.3) is 0 Å². The summed E-state index contributed by atoms with van der Waals surface area (Å²) in [6.45, 7) is 9.23. The summed E-state index contributed by atoms with van der Waals surface area (Å²) in [5.41, 5.74) is 0.935. The zero-order valence-corrected chi connectivity index (χ0v) is 12.4. The maximum Gasteiger partial charge on any atom is 0.157 e. The van der Waals surface area contributed by atoms with E-state index in [1.165, 1.54) is 0 Å². The van der Waals surface area contributed by atoms with Gasteiger partial charge in [-0.1, -0.05) is 6.92 Å². The minimum atomic E-state index is -3.08. The van der Waals surface area contributed by atoms with Crippen molar-refractivity contribution in [1.82, 2.24) is 15.1 Å². The van der Waals surface area contributed by atoms with Gasteiger partial charge in [-0.05, 0) is 33.4 Å².